The molecule has 0 atom stereocenters. The van der Waals surface area contributed by atoms with Crippen LogP contribution in [0.3, 0.4) is 0 Å². The summed E-state index contributed by atoms with van der Waals surface area (Å²) in [7, 11) is 0. The highest BCUT2D eigenvalue weighted by Crippen LogP contribution is 2.03. The summed E-state index contributed by atoms with van der Waals surface area (Å²) in [5, 5.41) is 11.0. The molecule has 0 saturated heterocycles. The molecular formula is C12H16F3N5. The van der Waals surface area contributed by atoms with Gasteiger partial charge in [0.05, 0.1) is 18.9 Å². The van der Waals surface area contributed by atoms with Crippen LogP contribution in [0, 0.1) is 0 Å². The van der Waals surface area contributed by atoms with Gasteiger partial charge in [0.1, 0.15) is 13.2 Å². The average molecular weight is 287 g/mol. The minimum atomic E-state index is -2.41. The monoisotopic (exact) mass is 287 g/mol. The molecule has 20 heavy (non-hydrogen) atoms. The highest BCUT2D eigenvalue weighted by Gasteiger charge is 2.05. The summed E-state index contributed by atoms with van der Waals surface area (Å²) in [6, 6.07) is 0. The molecule has 0 radical (unpaired) electrons. The van der Waals surface area contributed by atoms with E-state index in [2.05, 4.69) is 15.5 Å². The normalized spacial score (nSPS) is 11.4. The Kier molecular flexibility index (Phi) is 5.16. The second kappa shape index (κ2) is 7.09. The van der Waals surface area contributed by atoms with Gasteiger partial charge >= 0.3 is 0 Å². The Balaban J connectivity index is 1.75. The van der Waals surface area contributed by atoms with Gasteiger partial charge in [-0.15, -0.1) is 0 Å². The fraction of sp³-hybridized carbons (Fsp3) is 0.500. The van der Waals surface area contributed by atoms with Crippen molar-refractivity contribution in [3.8, 4) is 0 Å². The van der Waals surface area contributed by atoms with Crippen LogP contribution in [-0.4, -0.2) is 32.7 Å². The lowest BCUT2D eigenvalue weighted by Gasteiger charge is -2.01. The lowest BCUT2D eigenvalue weighted by atomic mass is 10.3. The summed E-state index contributed by atoms with van der Waals surface area (Å²) in [5.41, 5.74) is 1.78. The Bertz CT molecular complexity index is 523. The first-order valence-electron chi connectivity index (χ1n) is 6.25. The first kappa shape index (κ1) is 14.6. The number of hydrogen-bond donors (Lipinski definition) is 1. The van der Waals surface area contributed by atoms with Crippen LogP contribution >= 0.6 is 0 Å². The number of rotatable bonds is 8. The zero-order valence-corrected chi connectivity index (χ0v) is 10.8. The number of nitrogens with one attached hydrogen (secondary N) is 1. The largest absolute Gasteiger partial charge is 0.308 e. The van der Waals surface area contributed by atoms with Crippen LogP contribution in [0.2, 0.25) is 0 Å². The van der Waals surface area contributed by atoms with E-state index in [0.29, 0.717) is 13.1 Å². The van der Waals surface area contributed by atoms with Gasteiger partial charge in [0.25, 0.3) is 6.43 Å². The number of alkyl halides is 3. The third kappa shape index (κ3) is 4.37. The van der Waals surface area contributed by atoms with E-state index in [4.69, 9.17) is 0 Å². The predicted molar refractivity (Wildman–Crippen MR) is 67.0 cm³/mol. The molecule has 0 fully saturated rings. The van der Waals surface area contributed by atoms with Crippen molar-refractivity contribution in [2.75, 3.05) is 6.67 Å². The first-order valence-corrected chi connectivity index (χ1v) is 6.25. The molecule has 8 heteroatoms. The molecular weight excluding hydrogens is 271 g/mol. The van der Waals surface area contributed by atoms with Gasteiger partial charge in [0.2, 0.25) is 0 Å². The van der Waals surface area contributed by atoms with Crippen LogP contribution in [0.1, 0.15) is 11.1 Å². The molecule has 2 aromatic rings. The molecule has 2 rings (SSSR count). The molecule has 110 valence electrons. The zero-order valence-electron chi connectivity index (χ0n) is 10.8. The Morgan fingerprint density at radius 1 is 1.05 bits per heavy atom. The number of halogens is 3. The molecule has 0 unspecified atom stereocenters. The number of aromatic nitrogens is 4. The van der Waals surface area contributed by atoms with Gasteiger partial charge in [-0.3, -0.25) is 9.36 Å². The topological polar surface area (TPSA) is 47.7 Å². The van der Waals surface area contributed by atoms with Crippen molar-refractivity contribution in [1.29, 1.82) is 0 Å². The molecule has 2 aromatic heterocycles. The second-order valence-corrected chi connectivity index (χ2v) is 4.37. The molecule has 0 amide bonds. The van der Waals surface area contributed by atoms with E-state index in [1.807, 2.05) is 0 Å². The SMILES string of the molecule is FCCn1cc(CNCc2cnn(CC(F)F)c2)cn1. The molecule has 0 aromatic carbocycles. The van der Waals surface area contributed by atoms with Crippen molar-refractivity contribution in [2.45, 2.75) is 32.6 Å². The Hall–Kier alpha value is -1.83. The van der Waals surface area contributed by atoms with Gasteiger partial charge in [0.15, 0.2) is 0 Å². The highest BCUT2D eigenvalue weighted by molar-refractivity contribution is 5.06. The summed E-state index contributed by atoms with van der Waals surface area (Å²) < 4.78 is 39.2. The van der Waals surface area contributed by atoms with Crippen LogP contribution < -0.4 is 5.32 Å². The van der Waals surface area contributed by atoms with Crippen molar-refractivity contribution in [3.63, 3.8) is 0 Å². The Morgan fingerprint density at radius 2 is 1.65 bits per heavy atom. The maximum Gasteiger partial charge on any atom is 0.257 e. The van der Waals surface area contributed by atoms with Gasteiger partial charge in [0, 0.05) is 36.6 Å². The summed E-state index contributed by atoms with van der Waals surface area (Å²) in [4.78, 5) is 0. The fourth-order valence-corrected chi connectivity index (χ4v) is 1.80. The summed E-state index contributed by atoms with van der Waals surface area (Å²) in [6.07, 6.45) is 4.18. The van der Waals surface area contributed by atoms with Crippen LogP contribution in [0.5, 0.6) is 0 Å². The van der Waals surface area contributed by atoms with E-state index in [9.17, 15) is 13.2 Å². The minimum absolute atomic E-state index is 0.250. The van der Waals surface area contributed by atoms with Crippen molar-refractivity contribution in [3.05, 3.63) is 35.9 Å². The molecule has 0 aliphatic heterocycles. The average Bonchev–Trinajstić information content (AvgIpc) is 2.99. The predicted octanol–water partition coefficient (Wildman–Crippen LogP) is 1.60. The van der Waals surface area contributed by atoms with Crippen LogP contribution in [0.25, 0.3) is 0 Å². The number of nitrogens with zero attached hydrogens (tertiary/aromatic N) is 4. The van der Waals surface area contributed by atoms with Gasteiger partial charge in [-0.2, -0.15) is 10.2 Å². The summed E-state index contributed by atoms with van der Waals surface area (Å²) >= 11 is 0. The first-order chi connectivity index (χ1) is 9.67. The number of aryl methyl sites for hydroxylation is 1. The number of hydrogen-bond acceptors (Lipinski definition) is 3. The molecule has 0 saturated carbocycles. The second-order valence-electron chi connectivity index (χ2n) is 4.37. The lowest BCUT2D eigenvalue weighted by Crippen LogP contribution is -2.12. The van der Waals surface area contributed by atoms with Gasteiger partial charge in [-0.05, 0) is 0 Å². The van der Waals surface area contributed by atoms with E-state index in [-0.39, 0.29) is 6.54 Å². The van der Waals surface area contributed by atoms with E-state index in [0.717, 1.165) is 11.1 Å². The Morgan fingerprint density at radius 3 is 2.25 bits per heavy atom. The maximum absolute atomic E-state index is 12.2. The van der Waals surface area contributed by atoms with Gasteiger partial charge in [-0.1, -0.05) is 0 Å². The van der Waals surface area contributed by atoms with Crippen molar-refractivity contribution in [1.82, 2.24) is 24.9 Å². The third-order valence-electron chi connectivity index (χ3n) is 2.67. The molecule has 1 N–H and O–H groups in total. The van der Waals surface area contributed by atoms with Crippen LogP contribution in [-0.2, 0) is 26.2 Å². The third-order valence-corrected chi connectivity index (χ3v) is 2.67. The van der Waals surface area contributed by atoms with Crippen molar-refractivity contribution >= 4 is 0 Å². The van der Waals surface area contributed by atoms with Crippen LogP contribution in [0.4, 0.5) is 13.2 Å². The van der Waals surface area contributed by atoms with E-state index in [1.54, 1.807) is 24.8 Å². The minimum Gasteiger partial charge on any atom is -0.308 e. The van der Waals surface area contributed by atoms with Crippen LogP contribution in [0.15, 0.2) is 24.8 Å². The van der Waals surface area contributed by atoms with Crippen molar-refractivity contribution < 1.29 is 13.2 Å². The summed E-state index contributed by atoms with van der Waals surface area (Å²) in [5.74, 6) is 0. The fourth-order valence-electron chi connectivity index (χ4n) is 1.80. The highest BCUT2D eigenvalue weighted by atomic mass is 19.3. The van der Waals surface area contributed by atoms with Gasteiger partial charge in [-0.25, -0.2) is 13.2 Å². The molecule has 5 nitrogen and oxygen atoms in total. The standard InChI is InChI=1S/C12H16F3N5/c13-1-2-19-7-10(5-17-19)3-16-4-11-6-18-20(8-11)9-12(14)15/h5-8,12,16H,1-4,9H2. The molecule has 0 spiro atoms. The lowest BCUT2D eigenvalue weighted by molar-refractivity contribution is 0.122. The molecule has 0 bridgehead atoms. The maximum atomic E-state index is 12.2. The molecule has 2 heterocycles. The summed E-state index contributed by atoms with van der Waals surface area (Å²) in [6.45, 7) is 0.512. The van der Waals surface area contributed by atoms with E-state index >= 15 is 0 Å². The molecule has 0 aliphatic carbocycles. The van der Waals surface area contributed by atoms with Gasteiger partial charge < -0.3 is 5.32 Å². The van der Waals surface area contributed by atoms with E-state index < -0.39 is 19.6 Å². The van der Waals surface area contributed by atoms with Crippen molar-refractivity contribution in [2.24, 2.45) is 0 Å². The van der Waals surface area contributed by atoms with E-state index in [1.165, 1.54) is 9.36 Å². The quantitative estimate of drug-likeness (QED) is 0.802. The smallest absolute Gasteiger partial charge is 0.257 e. The Labute approximate surface area is 114 Å². The molecule has 0 aliphatic rings. The zero-order chi connectivity index (χ0) is 14.4.